The predicted octanol–water partition coefficient (Wildman–Crippen LogP) is 3.27. The van der Waals surface area contributed by atoms with Crippen LogP contribution < -0.4 is 5.32 Å². The third kappa shape index (κ3) is 4.01. The molecule has 1 saturated carbocycles. The number of hydrogen-bond donors (Lipinski definition) is 2. The molecule has 1 fully saturated rings. The maximum atomic E-state index is 12.3. The van der Waals surface area contributed by atoms with E-state index in [1.165, 1.54) is 48.5 Å². The lowest BCUT2D eigenvalue weighted by atomic mass is 9.84. The number of nitrogens with zero attached hydrogens (tertiary/aromatic N) is 2. The summed E-state index contributed by atoms with van der Waals surface area (Å²) in [5, 5.41) is 15.4. The molecule has 1 aliphatic rings. The molecule has 1 aliphatic carbocycles. The lowest BCUT2D eigenvalue weighted by Gasteiger charge is -2.22. The van der Waals surface area contributed by atoms with Gasteiger partial charge in [0.2, 0.25) is 0 Å². The second-order valence-electron chi connectivity index (χ2n) is 6.20. The topological polar surface area (TPSA) is 84.2 Å². The standard InChI is InChI=1S/C18H21N3O3/c22-17(23)12-21-11-10-16(20-21)19-18(24)15-8-6-14(7-9-15)13-4-2-1-3-5-13/h6-11,13H,1-5,12H2,(H,22,23)(H,19,20,24). The molecular formula is C18H21N3O3. The molecule has 0 unspecified atom stereocenters. The Balaban J connectivity index is 1.62. The molecule has 1 heterocycles. The van der Waals surface area contributed by atoms with E-state index < -0.39 is 5.97 Å². The fourth-order valence-corrected chi connectivity index (χ4v) is 3.19. The number of anilines is 1. The Morgan fingerprint density at radius 1 is 1.12 bits per heavy atom. The van der Waals surface area contributed by atoms with Crippen LogP contribution in [0.15, 0.2) is 36.5 Å². The average Bonchev–Trinajstić information content (AvgIpc) is 3.02. The minimum Gasteiger partial charge on any atom is -0.480 e. The van der Waals surface area contributed by atoms with Crippen molar-refractivity contribution in [2.75, 3.05) is 5.32 Å². The van der Waals surface area contributed by atoms with Gasteiger partial charge in [-0.05, 0) is 36.5 Å². The van der Waals surface area contributed by atoms with E-state index >= 15 is 0 Å². The maximum Gasteiger partial charge on any atom is 0.325 e. The molecule has 6 nitrogen and oxygen atoms in total. The van der Waals surface area contributed by atoms with Crippen molar-refractivity contribution >= 4 is 17.7 Å². The molecule has 2 aromatic rings. The zero-order valence-electron chi connectivity index (χ0n) is 13.4. The van der Waals surface area contributed by atoms with Gasteiger partial charge in [0, 0.05) is 17.8 Å². The fourth-order valence-electron chi connectivity index (χ4n) is 3.19. The largest absolute Gasteiger partial charge is 0.480 e. The van der Waals surface area contributed by atoms with Gasteiger partial charge in [-0.25, -0.2) is 0 Å². The summed E-state index contributed by atoms with van der Waals surface area (Å²) >= 11 is 0. The Bertz CT molecular complexity index is 715. The number of carbonyl (C=O) groups is 2. The second kappa shape index (κ2) is 7.29. The number of amides is 1. The Labute approximate surface area is 140 Å². The van der Waals surface area contributed by atoms with Crippen LogP contribution in [0.25, 0.3) is 0 Å². The van der Waals surface area contributed by atoms with Crippen molar-refractivity contribution in [2.24, 2.45) is 0 Å². The molecule has 1 amide bonds. The summed E-state index contributed by atoms with van der Waals surface area (Å²) < 4.78 is 1.27. The smallest absolute Gasteiger partial charge is 0.325 e. The summed E-state index contributed by atoms with van der Waals surface area (Å²) in [6.45, 7) is -0.230. The van der Waals surface area contributed by atoms with Gasteiger partial charge in [-0.15, -0.1) is 0 Å². The lowest BCUT2D eigenvalue weighted by Crippen LogP contribution is -2.14. The summed E-state index contributed by atoms with van der Waals surface area (Å²) in [5.74, 6) is -0.264. The molecule has 0 spiro atoms. The molecule has 0 radical (unpaired) electrons. The van der Waals surface area contributed by atoms with Crippen molar-refractivity contribution in [3.63, 3.8) is 0 Å². The molecule has 0 aliphatic heterocycles. The van der Waals surface area contributed by atoms with Crippen molar-refractivity contribution in [3.8, 4) is 0 Å². The summed E-state index contributed by atoms with van der Waals surface area (Å²) in [6.07, 6.45) is 7.87. The molecule has 126 valence electrons. The van der Waals surface area contributed by atoms with Crippen LogP contribution >= 0.6 is 0 Å². The van der Waals surface area contributed by atoms with Gasteiger partial charge in [-0.2, -0.15) is 5.10 Å². The van der Waals surface area contributed by atoms with Crippen LogP contribution in [0, 0.1) is 0 Å². The highest BCUT2D eigenvalue weighted by Gasteiger charge is 2.16. The van der Waals surface area contributed by atoms with Crippen LogP contribution in [0.4, 0.5) is 5.82 Å². The number of carboxylic acids is 1. The van der Waals surface area contributed by atoms with Gasteiger partial charge in [-0.3, -0.25) is 14.3 Å². The van der Waals surface area contributed by atoms with E-state index in [0.29, 0.717) is 17.3 Å². The van der Waals surface area contributed by atoms with Crippen molar-refractivity contribution in [1.82, 2.24) is 9.78 Å². The number of aromatic nitrogens is 2. The van der Waals surface area contributed by atoms with Crippen molar-refractivity contribution in [3.05, 3.63) is 47.7 Å². The first-order valence-corrected chi connectivity index (χ1v) is 8.28. The van der Waals surface area contributed by atoms with Crippen LogP contribution in [0.5, 0.6) is 0 Å². The molecule has 24 heavy (non-hydrogen) atoms. The zero-order chi connectivity index (χ0) is 16.9. The van der Waals surface area contributed by atoms with E-state index in [0.717, 1.165) is 0 Å². The molecule has 6 heteroatoms. The average molecular weight is 327 g/mol. The van der Waals surface area contributed by atoms with Gasteiger partial charge in [0.25, 0.3) is 5.91 Å². The summed E-state index contributed by atoms with van der Waals surface area (Å²) in [4.78, 5) is 22.9. The van der Waals surface area contributed by atoms with Crippen LogP contribution in [-0.2, 0) is 11.3 Å². The number of aliphatic carboxylic acids is 1. The Morgan fingerprint density at radius 3 is 2.50 bits per heavy atom. The first-order chi connectivity index (χ1) is 11.6. The minimum atomic E-state index is -0.978. The third-order valence-corrected chi connectivity index (χ3v) is 4.43. The van der Waals surface area contributed by atoms with Crippen molar-refractivity contribution in [1.29, 1.82) is 0 Å². The van der Waals surface area contributed by atoms with Gasteiger partial charge in [-0.1, -0.05) is 31.4 Å². The van der Waals surface area contributed by atoms with Crippen LogP contribution in [0.2, 0.25) is 0 Å². The Kier molecular flexibility index (Phi) is 4.93. The highest BCUT2D eigenvalue weighted by atomic mass is 16.4. The summed E-state index contributed by atoms with van der Waals surface area (Å²) in [6, 6.07) is 9.33. The highest BCUT2D eigenvalue weighted by molar-refractivity contribution is 6.03. The van der Waals surface area contributed by atoms with Gasteiger partial charge in [0.15, 0.2) is 5.82 Å². The quantitative estimate of drug-likeness (QED) is 0.883. The molecular weight excluding hydrogens is 306 g/mol. The van der Waals surface area contributed by atoms with E-state index in [1.54, 1.807) is 6.07 Å². The van der Waals surface area contributed by atoms with Crippen molar-refractivity contribution < 1.29 is 14.7 Å². The number of carbonyl (C=O) groups excluding carboxylic acids is 1. The fraction of sp³-hybridized carbons (Fsp3) is 0.389. The summed E-state index contributed by atoms with van der Waals surface area (Å²) in [7, 11) is 0. The lowest BCUT2D eigenvalue weighted by molar-refractivity contribution is -0.137. The first kappa shape index (κ1) is 16.2. The first-order valence-electron chi connectivity index (χ1n) is 8.28. The normalized spacial score (nSPS) is 15.2. The summed E-state index contributed by atoms with van der Waals surface area (Å²) in [5.41, 5.74) is 1.87. The molecule has 0 atom stereocenters. The number of carboxylic acid groups (broad SMARTS) is 1. The molecule has 0 saturated heterocycles. The highest BCUT2D eigenvalue weighted by Crippen LogP contribution is 2.32. The number of benzene rings is 1. The third-order valence-electron chi connectivity index (χ3n) is 4.43. The maximum absolute atomic E-state index is 12.3. The second-order valence-corrected chi connectivity index (χ2v) is 6.20. The SMILES string of the molecule is O=C(O)Cn1ccc(NC(=O)c2ccc(C3CCCCC3)cc2)n1. The van der Waals surface area contributed by atoms with Gasteiger partial charge >= 0.3 is 5.97 Å². The molecule has 2 N–H and O–H groups in total. The monoisotopic (exact) mass is 327 g/mol. The van der Waals surface area contributed by atoms with Gasteiger partial charge < -0.3 is 10.4 Å². The van der Waals surface area contributed by atoms with Gasteiger partial charge in [0.1, 0.15) is 6.54 Å². The van der Waals surface area contributed by atoms with E-state index in [-0.39, 0.29) is 12.5 Å². The number of hydrogen-bond acceptors (Lipinski definition) is 3. The minimum absolute atomic E-state index is 0.230. The van der Waals surface area contributed by atoms with Crippen molar-refractivity contribution in [2.45, 2.75) is 44.6 Å². The van der Waals surface area contributed by atoms with Crippen LogP contribution in [0.1, 0.15) is 53.9 Å². The van der Waals surface area contributed by atoms with E-state index in [9.17, 15) is 9.59 Å². The van der Waals surface area contributed by atoms with Crippen LogP contribution in [0.3, 0.4) is 0 Å². The Morgan fingerprint density at radius 2 is 1.83 bits per heavy atom. The van der Waals surface area contributed by atoms with Gasteiger partial charge in [0.05, 0.1) is 0 Å². The predicted molar refractivity (Wildman–Crippen MR) is 90.1 cm³/mol. The van der Waals surface area contributed by atoms with E-state index in [1.807, 2.05) is 24.3 Å². The van der Waals surface area contributed by atoms with E-state index in [4.69, 9.17) is 5.11 Å². The molecule has 1 aromatic heterocycles. The number of rotatable bonds is 5. The molecule has 3 rings (SSSR count). The molecule has 0 bridgehead atoms. The Hall–Kier alpha value is -2.63. The zero-order valence-corrected chi connectivity index (χ0v) is 13.4. The number of nitrogens with one attached hydrogen (secondary N) is 1. The van der Waals surface area contributed by atoms with Crippen LogP contribution in [-0.4, -0.2) is 26.8 Å². The van der Waals surface area contributed by atoms with E-state index in [2.05, 4.69) is 10.4 Å². The molecule has 1 aromatic carbocycles.